The van der Waals surface area contributed by atoms with Crippen LogP contribution in [-0.2, 0) is 14.3 Å². The average molecular weight is 1010 g/mol. The summed E-state index contributed by atoms with van der Waals surface area (Å²) in [6.45, 7) is 4.91. The van der Waals surface area contributed by atoms with E-state index in [2.05, 4.69) is 43.5 Å². The second kappa shape index (κ2) is 61.6. The van der Waals surface area contributed by atoms with Crippen molar-refractivity contribution >= 4 is 11.9 Å². The largest absolute Gasteiger partial charge is 0.466 e. The summed E-state index contributed by atoms with van der Waals surface area (Å²) in [5.41, 5.74) is 0. The lowest BCUT2D eigenvalue weighted by Gasteiger charge is -2.20. The average Bonchev–Trinajstić information content (AvgIpc) is 3.38. The molecule has 0 aliphatic heterocycles. The van der Waals surface area contributed by atoms with Gasteiger partial charge in [-0.1, -0.05) is 288 Å². The van der Waals surface area contributed by atoms with E-state index in [1.807, 2.05) is 6.08 Å². The van der Waals surface area contributed by atoms with Gasteiger partial charge in [-0.3, -0.25) is 9.59 Å². The van der Waals surface area contributed by atoms with Crippen LogP contribution in [0, 0.1) is 0 Å². The van der Waals surface area contributed by atoms with Gasteiger partial charge in [0.05, 0.1) is 25.4 Å². The molecular weight excluding hydrogens is 887 g/mol. The lowest BCUT2D eigenvalue weighted by atomic mass is 10.0. The van der Waals surface area contributed by atoms with Gasteiger partial charge in [0.2, 0.25) is 5.91 Å². The molecule has 0 aliphatic rings. The number of unbranched alkanes of at least 4 members (excludes halogenated alkanes) is 45. The number of carbonyl (C=O) groups excluding carboxylic acids is 2. The first-order valence-electron chi connectivity index (χ1n) is 32.3. The van der Waals surface area contributed by atoms with Crippen LogP contribution in [0.2, 0.25) is 0 Å². The third-order valence-electron chi connectivity index (χ3n) is 14.9. The summed E-state index contributed by atoms with van der Waals surface area (Å²) >= 11 is 0. The zero-order chi connectivity index (χ0) is 52.2. The van der Waals surface area contributed by atoms with Gasteiger partial charge < -0.3 is 20.3 Å². The molecule has 2 unspecified atom stereocenters. The molecule has 0 heterocycles. The monoisotopic (exact) mass is 1010 g/mol. The number of amides is 1. The number of aliphatic hydroxyl groups is 2. The maximum absolute atomic E-state index is 12.4. The molecule has 2 atom stereocenters. The van der Waals surface area contributed by atoms with E-state index in [-0.39, 0.29) is 18.5 Å². The number of ether oxygens (including phenoxy) is 1. The minimum Gasteiger partial charge on any atom is -0.466 e. The van der Waals surface area contributed by atoms with Crippen LogP contribution < -0.4 is 5.32 Å². The third-order valence-corrected chi connectivity index (χ3v) is 14.9. The van der Waals surface area contributed by atoms with Gasteiger partial charge >= 0.3 is 5.97 Å². The third kappa shape index (κ3) is 57.4. The summed E-state index contributed by atoms with van der Waals surface area (Å²) in [7, 11) is 0. The van der Waals surface area contributed by atoms with Crippen LogP contribution in [0.5, 0.6) is 0 Å². The number of aliphatic hydroxyl groups excluding tert-OH is 2. The molecule has 6 heteroatoms. The van der Waals surface area contributed by atoms with Crippen LogP contribution in [-0.4, -0.2) is 47.4 Å². The number of nitrogens with one attached hydrogen (secondary N) is 1. The van der Waals surface area contributed by atoms with Gasteiger partial charge in [0.1, 0.15) is 0 Å². The Bertz CT molecular complexity index is 1170. The summed E-state index contributed by atoms with van der Waals surface area (Å²) < 4.78 is 5.50. The molecule has 0 radical (unpaired) electrons. The highest BCUT2D eigenvalue weighted by Gasteiger charge is 2.18. The maximum Gasteiger partial charge on any atom is 0.305 e. The topological polar surface area (TPSA) is 95.9 Å². The minimum atomic E-state index is -0.845. The van der Waals surface area contributed by atoms with E-state index >= 15 is 0 Å². The van der Waals surface area contributed by atoms with E-state index in [4.69, 9.17) is 4.74 Å². The number of carbonyl (C=O) groups is 2. The van der Waals surface area contributed by atoms with Crippen molar-refractivity contribution in [2.24, 2.45) is 0 Å². The molecule has 0 spiro atoms. The first-order valence-corrected chi connectivity index (χ1v) is 32.3. The van der Waals surface area contributed by atoms with Gasteiger partial charge in [-0.25, -0.2) is 0 Å². The smallest absolute Gasteiger partial charge is 0.305 e. The van der Waals surface area contributed by atoms with Crippen molar-refractivity contribution in [2.75, 3.05) is 13.2 Å². The molecule has 0 saturated carbocycles. The Morgan fingerprint density at radius 1 is 0.375 bits per heavy atom. The Morgan fingerprint density at radius 2 is 0.653 bits per heavy atom. The van der Waals surface area contributed by atoms with Crippen molar-refractivity contribution in [3.8, 4) is 0 Å². The molecule has 0 aromatic rings. The van der Waals surface area contributed by atoms with Crippen LogP contribution in [0.4, 0.5) is 0 Å². The number of esters is 1. The van der Waals surface area contributed by atoms with Crippen LogP contribution in [0.15, 0.2) is 36.5 Å². The Hall–Kier alpha value is -1.92. The molecule has 72 heavy (non-hydrogen) atoms. The molecule has 424 valence electrons. The highest BCUT2D eigenvalue weighted by molar-refractivity contribution is 5.76. The van der Waals surface area contributed by atoms with E-state index in [1.54, 1.807) is 6.08 Å². The fourth-order valence-corrected chi connectivity index (χ4v) is 9.92. The quantitative estimate of drug-likeness (QED) is 0.0320. The lowest BCUT2D eigenvalue weighted by molar-refractivity contribution is -0.143. The zero-order valence-corrected chi connectivity index (χ0v) is 48.4. The van der Waals surface area contributed by atoms with Crippen LogP contribution >= 0.6 is 0 Å². The van der Waals surface area contributed by atoms with Crippen molar-refractivity contribution in [3.05, 3.63) is 36.5 Å². The van der Waals surface area contributed by atoms with Crippen molar-refractivity contribution in [1.82, 2.24) is 5.32 Å². The molecule has 0 rings (SSSR count). The van der Waals surface area contributed by atoms with E-state index < -0.39 is 12.1 Å². The van der Waals surface area contributed by atoms with Crippen molar-refractivity contribution in [1.29, 1.82) is 0 Å². The van der Waals surface area contributed by atoms with Crippen LogP contribution in [0.1, 0.15) is 348 Å². The van der Waals surface area contributed by atoms with Crippen LogP contribution in [0.25, 0.3) is 0 Å². The van der Waals surface area contributed by atoms with E-state index in [1.165, 1.54) is 276 Å². The van der Waals surface area contributed by atoms with Crippen LogP contribution in [0.3, 0.4) is 0 Å². The molecule has 1 amide bonds. The van der Waals surface area contributed by atoms with Gasteiger partial charge in [0, 0.05) is 12.8 Å². The number of rotatable bonds is 60. The molecule has 0 bridgehead atoms. The fourth-order valence-electron chi connectivity index (χ4n) is 9.92. The van der Waals surface area contributed by atoms with E-state index in [0.29, 0.717) is 19.4 Å². The number of hydrogen-bond acceptors (Lipinski definition) is 5. The predicted molar refractivity (Wildman–Crippen MR) is 315 cm³/mol. The first kappa shape index (κ1) is 70.1. The molecule has 0 fully saturated rings. The first-order chi connectivity index (χ1) is 35.5. The van der Waals surface area contributed by atoms with Gasteiger partial charge in [0.15, 0.2) is 0 Å². The summed E-state index contributed by atoms with van der Waals surface area (Å²) in [6, 6.07) is -0.629. The van der Waals surface area contributed by atoms with Crippen molar-refractivity contribution < 1.29 is 24.5 Å². The Balaban J connectivity index is 3.39. The molecule has 3 N–H and O–H groups in total. The lowest BCUT2D eigenvalue weighted by Crippen LogP contribution is -2.45. The molecule has 0 aliphatic carbocycles. The number of hydrogen-bond donors (Lipinski definition) is 3. The van der Waals surface area contributed by atoms with Crippen molar-refractivity contribution in [3.63, 3.8) is 0 Å². The van der Waals surface area contributed by atoms with Gasteiger partial charge in [-0.15, -0.1) is 0 Å². The van der Waals surface area contributed by atoms with E-state index in [9.17, 15) is 19.8 Å². The minimum absolute atomic E-state index is 0.0102. The Morgan fingerprint density at radius 3 is 0.986 bits per heavy atom. The predicted octanol–water partition coefficient (Wildman–Crippen LogP) is 20.4. The second-order valence-electron chi connectivity index (χ2n) is 22.1. The summed E-state index contributed by atoms with van der Waals surface area (Å²) in [5.74, 6) is -0.0610. The highest BCUT2D eigenvalue weighted by atomic mass is 16.5. The second-order valence-corrected chi connectivity index (χ2v) is 22.1. The number of allylic oxidation sites excluding steroid dienone is 5. The molecule has 0 aromatic carbocycles. The highest BCUT2D eigenvalue weighted by Crippen LogP contribution is 2.17. The standard InChI is InChI=1S/C66H125NO5/c1-3-5-7-9-11-13-15-17-18-19-30-33-36-40-44-48-52-56-60-66(71)72-61-57-53-49-45-41-37-34-31-28-26-24-22-20-21-23-25-27-29-32-35-39-43-47-51-55-59-65(70)67-63(62-68)64(69)58-54-50-46-42-38-16-14-12-10-8-6-4-2/h18-19,21,23,54,58,63-64,68-69H,3-17,20,22,24-53,55-57,59-62H2,1-2H3,(H,67,70)/b19-18-,23-21-,58-54+. The molecular formula is C66H125NO5. The fraction of sp³-hybridized carbons (Fsp3) is 0.879. The Labute approximate surface area is 449 Å². The summed E-state index contributed by atoms with van der Waals surface area (Å²) in [6.07, 6.45) is 77.7. The normalized spacial score (nSPS) is 12.8. The van der Waals surface area contributed by atoms with E-state index in [0.717, 1.165) is 44.9 Å². The van der Waals surface area contributed by atoms with Gasteiger partial charge in [-0.2, -0.15) is 0 Å². The Kier molecular flexibility index (Phi) is 60.0. The van der Waals surface area contributed by atoms with Gasteiger partial charge in [0.25, 0.3) is 0 Å². The maximum atomic E-state index is 12.4. The van der Waals surface area contributed by atoms with Crippen molar-refractivity contribution in [2.45, 2.75) is 360 Å². The van der Waals surface area contributed by atoms with Gasteiger partial charge in [-0.05, 0) is 83.5 Å². The molecule has 0 aromatic heterocycles. The zero-order valence-electron chi connectivity index (χ0n) is 48.4. The molecule has 6 nitrogen and oxygen atoms in total. The molecule has 0 saturated heterocycles. The summed E-state index contributed by atoms with van der Waals surface area (Å²) in [4.78, 5) is 24.5. The summed E-state index contributed by atoms with van der Waals surface area (Å²) in [5, 5.41) is 23.1. The SMILES string of the molecule is CCCCCCCCC/C=C\CCCCCCCCCC(=O)OCCCCCCCCCCCCCC/C=C\CCCCCCCCCCCC(=O)NC(CO)C(O)/C=C/CCCCCCCCCCCC.